The monoisotopic (exact) mass is 439 g/mol. The molecule has 1 heterocycles. The summed E-state index contributed by atoms with van der Waals surface area (Å²) in [5.74, 6) is -1.52. The lowest BCUT2D eigenvalue weighted by atomic mass is 10.1. The number of carbonyl (C=O) groups is 2. The highest BCUT2D eigenvalue weighted by Crippen LogP contribution is 2.20. The largest absolute Gasteiger partial charge is 0.484 e. The average Bonchev–Trinajstić information content (AvgIpc) is 3.09. The second-order valence-electron chi connectivity index (χ2n) is 5.96. The van der Waals surface area contributed by atoms with Gasteiger partial charge in [0.2, 0.25) is 0 Å². The van der Waals surface area contributed by atoms with Gasteiger partial charge in [-0.3, -0.25) is 9.59 Å². The minimum atomic E-state index is -1.18. The van der Waals surface area contributed by atoms with Crippen LogP contribution < -0.4 is 15.4 Å². The van der Waals surface area contributed by atoms with Crippen LogP contribution in [0.25, 0.3) is 0 Å². The Labute approximate surface area is 175 Å². The number of amides is 2. The predicted molar refractivity (Wildman–Crippen MR) is 108 cm³/mol. The van der Waals surface area contributed by atoms with Crippen LogP contribution in [-0.2, 0) is 4.79 Å². The van der Waals surface area contributed by atoms with Gasteiger partial charge in [0, 0.05) is 23.9 Å². The van der Waals surface area contributed by atoms with Crippen molar-refractivity contribution in [3.8, 4) is 5.75 Å². The van der Waals surface area contributed by atoms with E-state index in [1.807, 2.05) is 0 Å². The van der Waals surface area contributed by atoms with Gasteiger partial charge in [-0.15, -0.1) is 11.3 Å². The van der Waals surface area contributed by atoms with Crippen LogP contribution in [0, 0.1) is 12.7 Å². The van der Waals surface area contributed by atoms with Gasteiger partial charge in [-0.05, 0) is 19.1 Å². The molecule has 0 radical (unpaired) electrons. The number of hydrogen-bond acceptors (Lipinski definition) is 6. The summed E-state index contributed by atoms with van der Waals surface area (Å²) >= 11 is 6.80. The molecule has 0 saturated heterocycles. The Balaban J connectivity index is 1.76. The molecule has 0 aliphatic heterocycles. The number of carbonyl (C=O) groups excluding carboxylic acids is 2. The van der Waals surface area contributed by atoms with Crippen LogP contribution in [0.5, 0.6) is 5.75 Å². The summed E-state index contributed by atoms with van der Waals surface area (Å²) < 4.78 is 18.5. The summed E-state index contributed by atoms with van der Waals surface area (Å²) in [5, 5.41) is 15.8. The molecule has 29 heavy (non-hydrogen) atoms. The normalized spacial score (nSPS) is 11.4. The van der Waals surface area contributed by atoms with Gasteiger partial charge >= 0.3 is 0 Å². The van der Waals surface area contributed by atoms with Crippen molar-refractivity contribution in [3.63, 3.8) is 0 Å². The van der Waals surface area contributed by atoms with Crippen LogP contribution in [0.2, 0.25) is 5.02 Å². The summed E-state index contributed by atoms with van der Waals surface area (Å²) in [7, 11) is 0. The van der Waals surface area contributed by atoms with Crippen molar-refractivity contribution in [1.29, 1.82) is 0 Å². The fraction of sp³-hybridized carbons (Fsp3) is 0.211. The van der Waals surface area contributed by atoms with Crippen LogP contribution in [0.4, 0.5) is 4.39 Å². The minimum Gasteiger partial charge on any atom is -0.484 e. The number of hydrogen-bond donors (Lipinski definition) is 3. The molecule has 7 nitrogen and oxygen atoms in total. The molecule has 0 aliphatic carbocycles. The number of aromatic nitrogens is 1. The third kappa shape index (κ3) is 6.97. The lowest BCUT2D eigenvalue weighted by Gasteiger charge is -2.17. The van der Waals surface area contributed by atoms with Crippen molar-refractivity contribution in [2.75, 3.05) is 6.61 Å². The number of benzene rings is 1. The highest BCUT2D eigenvalue weighted by atomic mass is 35.5. The first-order valence-electron chi connectivity index (χ1n) is 8.32. The van der Waals surface area contributed by atoms with Gasteiger partial charge in [-0.1, -0.05) is 24.8 Å². The van der Waals surface area contributed by atoms with Gasteiger partial charge in [0.05, 0.1) is 22.3 Å². The van der Waals surface area contributed by atoms with E-state index in [-0.39, 0.29) is 34.5 Å². The molecular formula is C19H19ClFN3O4S. The summed E-state index contributed by atoms with van der Waals surface area (Å²) in [6.07, 6.45) is 0.222. The second-order valence-corrected chi connectivity index (χ2v) is 7.60. The molecule has 10 heteroatoms. The van der Waals surface area contributed by atoms with E-state index in [4.69, 9.17) is 16.3 Å². The second kappa shape index (κ2) is 10.1. The smallest absolute Gasteiger partial charge is 0.267 e. The Morgan fingerprint density at radius 3 is 2.72 bits per heavy atom. The number of nitrogens with one attached hydrogen (secondary N) is 2. The molecule has 1 aromatic heterocycles. The van der Waals surface area contributed by atoms with Gasteiger partial charge in [0.15, 0.2) is 6.61 Å². The Morgan fingerprint density at radius 1 is 1.38 bits per heavy atom. The number of aliphatic hydroxyl groups is 1. The Bertz CT molecular complexity index is 947. The third-order valence-electron chi connectivity index (χ3n) is 3.54. The molecule has 0 fully saturated rings. The molecule has 0 saturated carbocycles. The fourth-order valence-electron chi connectivity index (χ4n) is 2.11. The van der Waals surface area contributed by atoms with Gasteiger partial charge in [-0.25, -0.2) is 9.37 Å². The van der Waals surface area contributed by atoms with Crippen LogP contribution >= 0.6 is 22.9 Å². The van der Waals surface area contributed by atoms with Crippen molar-refractivity contribution in [1.82, 2.24) is 15.6 Å². The molecule has 3 N–H and O–H groups in total. The molecule has 2 aromatic rings. The van der Waals surface area contributed by atoms with Crippen LogP contribution in [-0.4, -0.2) is 34.6 Å². The van der Waals surface area contributed by atoms with E-state index < -0.39 is 24.4 Å². The van der Waals surface area contributed by atoms with Crippen molar-refractivity contribution in [3.05, 3.63) is 69.7 Å². The van der Waals surface area contributed by atoms with E-state index in [1.165, 1.54) is 29.7 Å². The number of thiazole rings is 1. The van der Waals surface area contributed by atoms with Gasteiger partial charge in [0.25, 0.3) is 11.8 Å². The van der Waals surface area contributed by atoms with E-state index in [0.29, 0.717) is 4.88 Å². The Hall–Kier alpha value is -2.75. The molecule has 1 unspecified atom stereocenters. The summed E-state index contributed by atoms with van der Waals surface area (Å²) in [5.41, 5.74) is 0.252. The van der Waals surface area contributed by atoms with Gasteiger partial charge in [-0.2, -0.15) is 0 Å². The molecule has 154 valence electrons. The maximum Gasteiger partial charge on any atom is 0.267 e. The van der Waals surface area contributed by atoms with Crippen molar-refractivity contribution in [2.45, 2.75) is 19.4 Å². The number of aliphatic hydroxyl groups excluding tert-OH is 1. The molecule has 1 atom stereocenters. The molecular weight excluding hydrogens is 421 g/mol. The maximum absolute atomic E-state index is 13.3. The number of nitrogens with zero attached hydrogens (tertiary/aromatic N) is 1. The molecule has 2 rings (SSSR count). The average molecular weight is 440 g/mol. The first kappa shape index (κ1) is 22.5. The topological polar surface area (TPSA) is 101 Å². The maximum atomic E-state index is 13.3. The standard InChI is InChI=1S/C19H19ClFN3O4S/c1-10(23-19(27)17-8-22-12(3)29-17)6-16(25)11(2)24-18(26)9-28-13-4-5-14(20)15(21)7-13/h4-5,7-8,16,25H,1-2,6,9H2,3H3,(H,23,27)(H,24,26). The molecule has 1 aromatic carbocycles. The lowest BCUT2D eigenvalue weighted by molar-refractivity contribution is -0.122. The summed E-state index contributed by atoms with van der Waals surface area (Å²) in [6.45, 7) is 8.64. The fourth-order valence-corrected chi connectivity index (χ4v) is 2.90. The van der Waals surface area contributed by atoms with E-state index >= 15 is 0 Å². The lowest BCUT2D eigenvalue weighted by Crippen LogP contribution is -2.34. The molecule has 0 bridgehead atoms. The van der Waals surface area contributed by atoms with Crippen LogP contribution in [0.15, 0.2) is 48.9 Å². The third-order valence-corrected chi connectivity index (χ3v) is 4.76. The van der Waals surface area contributed by atoms with Gasteiger partial charge < -0.3 is 20.5 Å². The molecule has 0 aliphatic rings. The number of rotatable bonds is 9. The number of aryl methyl sites for hydroxylation is 1. The SMILES string of the molecule is C=C(CC(O)C(=C)NC(=O)COc1ccc(Cl)c(F)c1)NC(=O)c1cnc(C)s1. The Morgan fingerprint density at radius 2 is 2.10 bits per heavy atom. The highest BCUT2D eigenvalue weighted by Gasteiger charge is 2.16. The van der Waals surface area contributed by atoms with E-state index in [9.17, 15) is 19.1 Å². The van der Waals surface area contributed by atoms with Crippen molar-refractivity contribution in [2.24, 2.45) is 0 Å². The van der Waals surface area contributed by atoms with E-state index in [2.05, 4.69) is 28.8 Å². The van der Waals surface area contributed by atoms with Crippen LogP contribution in [0.1, 0.15) is 21.1 Å². The molecule has 2 amide bonds. The zero-order valence-electron chi connectivity index (χ0n) is 15.5. The Kier molecular flexibility index (Phi) is 7.89. The first-order valence-corrected chi connectivity index (χ1v) is 9.51. The minimum absolute atomic E-state index is 0.00456. The first-order chi connectivity index (χ1) is 13.7. The summed E-state index contributed by atoms with van der Waals surface area (Å²) in [6, 6.07) is 3.77. The van der Waals surface area contributed by atoms with Crippen molar-refractivity contribution < 1.29 is 23.8 Å². The summed E-state index contributed by atoms with van der Waals surface area (Å²) in [4.78, 5) is 28.4. The predicted octanol–water partition coefficient (Wildman–Crippen LogP) is 2.95. The van der Waals surface area contributed by atoms with Crippen LogP contribution in [0.3, 0.4) is 0 Å². The van der Waals surface area contributed by atoms with E-state index in [1.54, 1.807) is 6.92 Å². The zero-order chi connectivity index (χ0) is 21.6. The number of ether oxygens (including phenoxy) is 1. The highest BCUT2D eigenvalue weighted by molar-refractivity contribution is 7.13. The van der Waals surface area contributed by atoms with E-state index in [0.717, 1.165) is 11.1 Å². The van der Waals surface area contributed by atoms with Gasteiger partial charge in [0.1, 0.15) is 16.4 Å². The zero-order valence-corrected chi connectivity index (χ0v) is 17.1. The quantitative estimate of drug-likeness (QED) is 0.557. The van der Waals surface area contributed by atoms with Crippen molar-refractivity contribution >= 4 is 34.8 Å². The molecule has 0 spiro atoms. The number of halogens is 2.